The van der Waals surface area contributed by atoms with E-state index < -0.39 is 11.9 Å². The second kappa shape index (κ2) is 7.62. The number of pyridine rings is 1. The van der Waals surface area contributed by atoms with E-state index in [2.05, 4.69) is 15.5 Å². The van der Waals surface area contributed by atoms with E-state index in [1.165, 1.54) is 18.5 Å². The molecule has 1 amide bonds. The third-order valence-electron chi connectivity index (χ3n) is 3.39. The van der Waals surface area contributed by atoms with Crippen molar-refractivity contribution in [3.63, 3.8) is 0 Å². The van der Waals surface area contributed by atoms with Gasteiger partial charge in [-0.3, -0.25) is 9.78 Å². The molecule has 0 spiro atoms. The Morgan fingerprint density at radius 1 is 1.23 bits per heavy atom. The number of rotatable bonds is 5. The van der Waals surface area contributed by atoms with Crippen LogP contribution in [0.5, 0.6) is 0 Å². The first-order valence-corrected chi connectivity index (χ1v) is 7.79. The number of hydrogen-bond acceptors (Lipinski definition) is 5. The van der Waals surface area contributed by atoms with Crippen molar-refractivity contribution in [1.82, 2.24) is 10.4 Å². The summed E-state index contributed by atoms with van der Waals surface area (Å²) in [6, 6.07) is 11.0. The van der Waals surface area contributed by atoms with Crippen molar-refractivity contribution in [1.29, 1.82) is 0 Å². The number of halogens is 1. The van der Waals surface area contributed by atoms with Crippen molar-refractivity contribution in [2.75, 3.05) is 0 Å². The molecule has 8 heteroatoms. The van der Waals surface area contributed by atoms with E-state index in [1.807, 2.05) is 0 Å². The Hall–Kier alpha value is -3.45. The van der Waals surface area contributed by atoms with Crippen LogP contribution in [-0.2, 0) is 0 Å². The Bertz CT molecular complexity index is 983. The average Bonchev–Trinajstić information content (AvgIpc) is 3.11. The lowest BCUT2D eigenvalue weighted by atomic mass is 10.1. The highest BCUT2D eigenvalue weighted by Crippen LogP contribution is 2.28. The van der Waals surface area contributed by atoms with Crippen molar-refractivity contribution in [3.05, 3.63) is 76.8 Å². The molecule has 0 bridgehead atoms. The van der Waals surface area contributed by atoms with Gasteiger partial charge >= 0.3 is 5.97 Å². The van der Waals surface area contributed by atoms with Crippen LogP contribution in [-0.4, -0.2) is 28.2 Å². The first-order valence-electron chi connectivity index (χ1n) is 7.41. The molecule has 26 heavy (non-hydrogen) atoms. The van der Waals surface area contributed by atoms with Crippen LogP contribution >= 0.6 is 11.6 Å². The number of amides is 1. The molecular formula is C18H12ClN3O4. The summed E-state index contributed by atoms with van der Waals surface area (Å²) >= 11 is 5.84. The molecule has 0 unspecified atom stereocenters. The van der Waals surface area contributed by atoms with E-state index in [-0.39, 0.29) is 5.56 Å². The number of hydrazone groups is 1. The molecule has 2 N–H and O–H groups in total. The summed E-state index contributed by atoms with van der Waals surface area (Å²) in [5, 5.41) is 13.4. The van der Waals surface area contributed by atoms with Crippen molar-refractivity contribution < 1.29 is 19.1 Å². The van der Waals surface area contributed by atoms with Gasteiger partial charge in [-0.25, -0.2) is 10.2 Å². The summed E-state index contributed by atoms with van der Waals surface area (Å²) in [5.74, 6) is -0.832. The average molecular weight is 370 g/mol. The smallest absolute Gasteiger partial charge is 0.336 e. The number of aromatic nitrogens is 1. The zero-order valence-electron chi connectivity index (χ0n) is 13.2. The zero-order chi connectivity index (χ0) is 18.5. The number of aromatic carboxylic acids is 1. The number of carboxylic acids is 1. The molecule has 2 aromatic heterocycles. The minimum atomic E-state index is -1.11. The summed E-state index contributed by atoms with van der Waals surface area (Å²) in [7, 11) is 0. The predicted molar refractivity (Wildman–Crippen MR) is 95.4 cm³/mol. The van der Waals surface area contributed by atoms with Crippen LogP contribution in [0.4, 0.5) is 0 Å². The fourth-order valence-corrected chi connectivity index (χ4v) is 2.36. The highest BCUT2D eigenvalue weighted by atomic mass is 35.5. The van der Waals surface area contributed by atoms with Gasteiger partial charge in [0.15, 0.2) is 0 Å². The number of carbonyl (C=O) groups excluding carboxylic acids is 1. The summed E-state index contributed by atoms with van der Waals surface area (Å²) in [6.07, 6.45) is 4.30. The summed E-state index contributed by atoms with van der Waals surface area (Å²) in [6.45, 7) is 0. The Labute approximate surface area is 152 Å². The summed E-state index contributed by atoms with van der Waals surface area (Å²) in [5.41, 5.74) is 3.14. The van der Waals surface area contributed by atoms with E-state index in [0.717, 1.165) is 0 Å². The van der Waals surface area contributed by atoms with Crippen LogP contribution in [0.25, 0.3) is 11.3 Å². The first kappa shape index (κ1) is 17.4. The number of carboxylic acid groups (broad SMARTS) is 1. The van der Waals surface area contributed by atoms with Crippen LogP contribution in [0.15, 0.2) is 64.4 Å². The number of carbonyl (C=O) groups is 2. The van der Waals surface area contributed by atoms with E-state index in [9.17, 15) is 14.7 Å². The van der Waals surface area contributed by atoms with Crippen molar-refractivity contribution >= 4 is 29.7 Å². The molecule has 0 atom stereocenters. The molecule has 0 saturated carbocycles. The van der Waals surface area contributed by atoms with E-state index in [4.69, 9.17) is 16.0 Å². The van der Waals surface area contributed by atoms with Gasteiger partial charge in [0, 0.05) is 23.0 Å². The Balaban J connectivity index is 1.75. The third kappa shape index (κ3) is 3.96. The molecule has 0 fully saturated rings. The lowest BCUT2D eigenvalue weighted by Gasteiger charge is -2.03. The van der Waals surface area contributed by atoms with Crippen molar-refractivity contribution in [2.24, 2.45) is 5.10 Å². The predicted octanol–water partition coefficient (Wildman–Crippen LogP) is 3.46. The fraction of sp³-hybridized carbons (Fsp3) is 0. The van der Waals surface area contributed by atoms with Gasteiger partial charge in [0.25, 0.3) is 5.91 Å². The van der Waals surface area contributed by atoms with Gasteiger partial charge in [-0.2, -0.15) is 5.10 Å². The van der Waals surface area contributed by atoms with Crippen LogP contribution in [0.3, 0.4) is 0 Å². The van der Waals surface area contributed by atoms with Gasteiger partial charge in [0.05, 0.1) is 17.3 Å². The minimum Gasteiger partial charge on any atom is -0.478 e. The van der Waals surface area contributed by atoms with Gasteiger partial charge in [-0.1, -0.05) is 11.6 Å². The van der Waals surface area contributed by atoms with Gasteiger partial charge in [-0.15, -0.1) is 0 Å². The molecule has 7 nitrogen and oxygen atoms in total. The lowest BCUT2D eigenvalue weighted by Crippen LogP contribution is -2.17. The van der Waals surface area contributed by atoms with E-state index >= 15 is 0 Å². The summed E-state index contributed by atoms with van der Waals surface area (Å²) < 4.78 is 5.57. The topological polar surface area (TPSA) is 105 Å². The minimum absolute atomic E-state index is 0.0280. The number of nitrogens with zero attached hydrogens (tertiary/aromatic N) is 2. The Morgan fingerprint density at radius 2 is 2.08 bits per heavy atom. The van der Waals surface area contributed by atoms with Gasteiger partial charge in [0.1, 0.15) is 11.5 Å². The fourth-order valence-electron chi connectivity index (χ4n) is 2.19. The molecule has 1 aromatic carbocycles. The molecule has 2 heterocycles. The number of furan rings is 1. The van der Waals surface area contributed by atoms with Gasteiger partial charge in [0.2, 0.25) is 0 Å². The second-order valence-corrected chi connectivity index (χ2v) is 5.57. The van der Waals surface area contributed by atoms with Crippen molar-refractivity contribution in [3.8, 4) is 11.3 Å². The van der Waals surface area contributed by atoms with Crippen LogP contribution in [0, 0.1) is 0 Å². The highest BCUT2D eigenvalue weighted by molar-refractivity contribution is 6.31. The van der Waals surface area contributed by atoms with Crippen LogP contribution in [0.1, 0.15) is 26.5 Å². The molecule has 0 aliphatic carbocycles. The number of hydrogen-bond donors (Lipinski definition) is 2. The van der Waals surface area contributed by atoms with E-state index in [0.29, 0.717) is 27.7 Å². The maximum absolute atomic E-state index is 11.8. The molecular weight excluding hydrogens is 358 g/mol. The molecule has 0 aliphatic heterocycles. The normalized spacial score (nSPS) is 10.8. The molecule has 3 aromatic rings. The quantitative estimate of drug-likeness (QED) is 0.529. The molecule has 0 radical (unpaired) electrons. The van der Waals surface area contributed by atoms with Gasteiger partial charge < -0.3 is 9.52 Å². The molecule has 0 aliphatic rings. The maximum atomic E-state index is 11.8. The van der Waals surface area contributed by atoms with Crippen LogP contribution in [0.2, 0.25) is 5.02 Å². The number of nitrogens with one attached hydrogen (secondary N) is 1. The molecule has 3 rings (SSSR count). The standard InChI is InChI=1S/C18H12ClN3O4/c19-12-3-5-14(15(8-12)18(24)25)16-6-4-13(26-16)10-21-22-17(23)11-2-1-7-20-9-11/h1-10H,(H,22,23)(H,24,25). The SMILES string of the molecule is O=C(NN=Cc1ccc(-c2ccc(Cl)cc2C(=O)O)o1)c1cccnc1. The largest absolute Gasteiger partial charge is 0.478 e. The van der Waals surface area contributed by atoms with Crippen LogP contribution < -0.4 is 5.43 Å². The molecule has 130 valence electrons. The van der Waals surface area contributed by atoms with E-state index in [1.54, 1.807) is 42.6 Å². The number of benzene rings is 1. The van der Waals surface area contributed by atoms with Gasteiger partial charge in [-0.05, 0) is 42.5 Å². The monoisotopic (exact) mass is 369 g/mol. The summed E-state index contributed by atoms with van der Waals surface area (Å²) in [4.78, 5) is 27.0. The van der Waals surface area contributed by atoms with Crippen molar-refractivity contribution in [2.45, 2.75) is 0 Å². The third-order valence-corrected chi connectivity index (χ3v) is 3.62. The molecule has 0 saturated heterocycles. The first-order chi connectivity index (χ1) is 12.5. The Kier molecular flexibility index (Phi) is 5.09. The lowest BCUT2D eigenvalue weighted by molar-refractivity contribution is 0.0697. The zero-order valence-corrected chi connectivity index (χ0v) is 14.0. The second-order valence-electron chi connectivity index (χ2n) is 5.14. The maximum Gasteiger partial charge on any atom is 0.336 e. The highest BCUT2D eigenvalue weighted by Gasteiger charge is 2.15. The Morgan fingerprint density at radius 3 is 2.81 bits per heavy atom.